The Hall–Kier alpha value is -7.86. The Bertz CT molecular complexity index is 2090. The second-order valence-corrected chi connectivity index (χ2v) is 13.8. The maximum atomic E-state index is 6.56. The van der Waals surface area contributed by atoms with Crippen molar-refractivity contribution >= 4 is 34.1 Å². The van der Waals surface area contributed by atoms with Crippen LogP contribution in [0.25, 0.3) is 0 Å². The lowest BCUT2D eigenvalue weighted by Gasteiger charge is -2.28. The molecule has 0 saturated heterocycles. The molecule has 0 aliphatic carbocycles. The number of benzene rings is 7. The highest BCUT2D eigenvalue weighted by atomic mass is 16.5. The van der Waals surface area contributed by atoms with E-state index < -0.39 is 0 Å². The minimum Gasteiger partial charge on any atom is -0.487 e. The Morgan fingerprint density at radius 3 is 0.483 bits per heavy atom. The zero-order valence-electron chi connectivity index (χ0n) is 33.0. The first kappa shape index (κ1) is 40.3. The summed E-state index contributed by atoms with van der Waals surface area (Å²) < 4.78 is 39.4. The number of anilines is 6. The molecule has 0 aliphatic heterocycles. The molecular formula is C48H48N6O6. The van der Waals surface area contributed by atoms with Gasteiger partial charge in [0.05, 0.1) is 34.1 Å². The molecule has 7 rings (SSSR count). The second kappa shape index (κ2) is 19.1. The number of nitrogens with two attached hydrogens (primary N) is 6. The van der Waals surface area contributed by atoms with E-state index in [9.17, 15) is 0 Å². The molecule has 0 saturated carbocycles. The first-order valence-electron chi connectivity index (χ1n) is 19.3. The average molecular weight is 805 g/mol. The molecule has 0 aliphatic rings. The molecule has 0 radical (unpaired) electrons. The Morgan fingerprint density at radius 2 is 0.350 bits per heavy atom. The van der Waals surface area contributed by atoms with Crippen molar-refractivity contribution in [2.75, 3.05) is 34.4 Å². The van der Waals surface area contributed by atoms with Crippen molar-refractivity contribution in [1.82, 2.24) is 0 Å². The van der Waals surface area contributed by atoms with Gasteiger partial charge in [-0.15, -0.1) is 0 Å². The summed E-state index contributed by atoms with van der Waals surface area (Å²) in [5.74, 6) is 2.96. The van der Waals surface area contributed by atoms with Crippen LogP contribution in [-0.4, -0.2) is 0 Å². The minimum absolute atomic E-state index is 0.0356. The van der Waals surface area contributed by atoms with Crippen LogP contribution in [0.3, 0.4) is 0 Å². The summed E-state index contributed by atoms with van der Waals surface area (Å²) in [5.41, 5.74) is 45.7. The monoisotopic (exact) mass is 804 g/mol. The van der Waals surface area contributed by atoms with E-state index in [1.165, 1.54) is 0 Å². The number of hydrogen-bond donors (Lipinski definition) is 6. The lowest BCUT2D eigenvalue weighted by Crippen LogP contribution is -2.21. The van der Waals surface area contributed by atoms with Crippen molar-refractivity contribution in [1.29, 1.82) is 0 Å². The van der Waals surface area contributed by atoms with Crippen LogP contribution in [0.4, 0.5) is 34.1 Å². The van der Waals surface area contributed by atoms with Crippen molar-refractivity contribution in [3.63, 3.8) is 0 Å². The minimum atomic E-state index is 0.0356. The van der Waals surface area contributed by atoms with Crippen LogP contribution in [0.5, 0.6) is 34.5 Å². The molecule has 12 N–H and O–H groups in total. The van der Waals surface area contributed by atoms with Crippen LogP contribution in [-0.2, 0) is 39.6 Å². The number of para-hydroxylation sites is 12. The van der Waals surface area contributed by atoms with E-state index >= 15 is 0 Å². The summed E-state index contributed by atoms with van der Waals surface area (Å²) in [5, 5.41) is 0. The lowest BCUT2D eigenvalue weighted by molar-refractivity contribution is 0.250. The molecule has 12 nitrogen and oxygen atoms in total. The molecule has 0 bridgehead atoms. The fourth-order valence-corrected chi connectivity index (χ4v) is 6.71. The Morgan fingerprint density at radius 1 is 0.217 bits per heavy atom. The van der Waals surface area contributed by atoms with Gasteiger partial charge in [-0.05, 0) is 72.8 Å². The topological polar surface area (TPSA) is 212 Å². The van der Waals surface area contributed by atoms with Crippen molar-refractivity contribution < 1.29 is 28.4 Å². The Kier molecular flexibility index (Phi) is 12.8. The number of hydrogen-bond acceptors (Lipinski definition) is 12. The van der Waals surface area contributed by atoms with Gasteiger partial charge in [0.15, 0.2) is 0 Å². The summed E-state index contributed by atoms with van der Waals surface area (Å²) in [6, 6.07) is 43.8. The average Bonchev–Trinajstić information content (AvgIpc) is 3.25. The SMILES string of the molecule is Nc1ccccc1OCc1c(COc2ccccc2N)c(COc2ccccc2N)c(COc2ccccc2N)c(COc2ccccc2N)c1COc1ccccc1N. The van der Waals surface area contributed by atoms with Gasteiger partial charge in [-0.2, -0.15) is 0 Å². The van der Waals surface area contributed by atoms with E-state index in [1.807, 2.05) is 109 Å². The number of nitrogen functional groups attached to an aromatic ring is 6. The number of ether oxygens (including phenoxy) is 6. The first-order valence-corrected chi connectivity index (χ1v) is 19.3. The van der Waals surface area contributed by atoms with Crippen molar-refractivity contribution in [2.24, 2.45) is 0 Å². The molecule has 7 aromatic rings. The fourth-order valence-electron chi connectivity index (χ4n) is 6.71. The standard InChI is InChI=1S/C48H48N6O6/c49-37-13-1-7-19-43(37)55-25-31-32(26-56-44-20-8-2-14-38(44)50)34(28-58-46-22-10-4-16-40(46)52)36(30-60-48-24-12-6-18-42(48)54)35(29-59-47-23-11-5-17-41(47)53)33(31)27-57-45-21-9-3-15-39(45)51/h1-24H,25-30,49-54H2. The molecule has 7 aromatic carbocycles. The molecule has 0 heterocycles. The third-order valence-electron chi connectivity index (χ3n) is 9.93. The molecule has 0 atom stereocenters. The van der Waals surface area contributed by atoms with E-state index in [1.54, 1.807) is 36.4 Å². The molecule has 0 spiro atoms. The summed E-state index contributed by atoms with van der Waals surface area (Å²) in [7, 11) is 0. The van der Waals surface area contributed by atoms with Crippen LogP contribution in [0.1, 0.15) is 33.4 Å². The highest BCUT2D eigenvalue weighted by molar-refractivity contribution is 5.59. The van der Waals surface area contributed by atoms with Gasteiger partial charge in [-0.3, -0.25) is 0 Å². The fraction of sp³-hybridized carbons (Fsp3) is 0.125. The van der Waals surface area contributed by atoms with Crippen LogP contribution >= 0.6 is 0 Å². The van der Waals surface area contributed by atoms with Crippen molar-refractivity contribution in [3.8, 4) is 34.5 Å². The molecule has 60 heavy (non-hydrogen) atoms. The van der Waals surface area contributed by atoms with Gasteiger partial charge in [0.2, 0.25) is 0 Å². The van der Waals surface area contributed by atoms with Gasteiger partial charge in [-0.25, -0.2) is 0 Å². The smallest absolute Gasteiger partial charge is 0.142 e. The van der Waals surface area contributed by atoms with E-state index in [0.29, 0.717) is 68.6 Å². The van der Waals surface area contributed by atoms with Crippen molar-refractivity contribution in [2.45, 2.75) is 39.6 Å². The Balaban J connectivity index is 1.47. The molecule has 0 unspecified atom stereocenters. The van der Waals surface area contributed by atoms with Crippen LogP contribution in [0.15, 0.2) is 146 Å². The van der Waals surface area contributed by atoms with Gasteiger partial charge in [0.25, 0.3) is 0 Å². The third kappa shape index (κ3) is 9.63. The van der Waals surface area contributed by atoms with Crippen molar-refractivity contribution in [3.05, 3.63) is 179 Å². The maximum Gasteiger partial charge on any atom is 0.142 e. The molecule has 12 heteroatoms. The van der Waals surface area contributed by atoms with Gasteiger partial charge in [0.1, 0.15) is 74.1 Å². The summed E-state index contributed by atoms with van der Waals surface area (Å²) in [4.78, 5) is 0. The van der Waals surface area contributed by atoms with Crippen LogP contribution in [0.2, 0.25) is 0 Å². The van der Waals surface area contributed by atoms with Gasteiger partial charge >= 0.3 is 0 Å². The number of rotatable bonds is 18. The largest absolute Gasteiger partial charge is 0.487 e. The summed E-state index contributed by atoms with van der Waals surface area (Å²) in [6.45, 7) is 0.213. The quantitative estimate of drug-likeness (QED) is 0.0450. The van der Waals surface area contributed by atoms with E-state index in [0.717, 1.165) is 33.4 Å². The van der Waals surface area contributed by atoms with Gasteiger partial charge in [-0.1, -0.05) is 72.8 Å². The molecule has 0 fully saturated rings. The van der Waals surface area contributed by atoms with Crippen LogP contribution in [0, 0.1) is 0 Å². The zero-order valence-corrected chi connectivity index (χ0v) is 33.0. The zero-order chi connectivity index (χ0) is 41.8. The lowest BCUT2D eigenvalue weighted by atomic mass is 9.87. The Labute approximate surface area is 349 Å². The summed E-state index contributed by atoms with van der Waals surface area (Å²) in [6.07, 6.45) is 0. The molecule has 306 valence electrons. The van der Waals surface area contributed by atoms with Gasteiger partial charge in [0, 0.05) is 33.4 Å². The highest BCUT2D eigenvalue weighted by Gasteiger charge is 2.28. The predicted molar refractivity (Wildman–Crippen MR) is 238 cm³/mol. The van der Waals surface area contributed by atoms with E-state index in [2.05, 4.69) is 0 Å². The van der Waals surface area contributed by atoms with Crippen LogP contribution < -0.4 is 62.8 Å². The normalized spacial score (nSPS) is 10.8. The summed E-state index contributed by atoms with van der Waals surface area (Å²) >= 11 is 0. The molecule has 0 aromatic heterocycles. The van der Waals surface area contributed by atoms with E-state index in [-0.39, 0.29) is 39.6 Å². The first-order chi connectivity index (χ1) is 29.3. The van der Waals surface area contributed by atoms with E-state index in [4.69, 9.17) is 62.8 Å². The maximum absolute atomic E-state index is 6.56. The highest BCUT2D eigenvalue weighted by Crippen LogP contribution is 2.37. The van der Waals surface area contributed by atoms with Gasteiger partial charge < -0.3 is 62.8 Å². The third-order valence-corrected chi connectivity index (χ3v) is 9.93. The predicted octanol–water partition coefficient (Wildman–Crippen LogP) is 8.65. The second-order valence-electron chi connectivity index (χ2n) is 13.8. The molecular weight excluding hydrogens is 757 g/mol. The molecule has 0 amide bonds.